The number of nitrogens with one attached hydrogen (secondary N) is 1. The number of nitrogens with zero attached hydrogens (tertiary/aromatic N) is 6. The number of aryl methyl sites for hydroxylation is 1. The van der Waals surface area contributed by atoms with Crippen LogP contribution in [0.25, 0.3) is 5.69 Å². The first-order valence-corrected chi connectivity index (χ1v) is 13.3. The molecule has 0 spiro atoms. The van der Waals surface area contributed by atoms with Crippen molar-refractivity contribution in [2.45, 2.75) is 46.7 Å². The average Bonchev–Trinajstić information content (AvgIpc) is 3.24. The Kier molecular flexibility index (Phi) is 7.53. The second kappa shape index (κ2) is 11.2. The Morgan fingerprint density at radius 3 is 2.33 bits per heavy atom. The number of pyridine rings is 2. The van der Waals surface area contributed by atoms with Crippen LogP contribution in [0.2, 0.25) is 0 Å². The Labute approximate surface area is 229 Å². The lowest BCUT2D eigenvalue weighted by Gasteiger charge is -2.29. The van der Waals surface area contributed by atoms with Gasteiger partial charge in [-0.1, -0.05) is 26.0 Å². The molecule has 0 radical (unpaired) electrons. The maximum Gasteiger partial charge on any atom is 0.167 e. The van der Waals surface area contributed by atoms with Gasteiger partial charge in [0.25, 0.3) is 0 Å². The van der Waals surface area contributed by atoms with E-state index in [2.05, 4.69) is 40.1 Å². The number of carbonyl (C=O) groups is 1. The normalized spacial score (nSPS) is 14.2. The fourth-order valence-corrected chi connectivity index (χ4v) is 5.27. The average molecular weight is 520 g/mol. The van der Waals surface area contributed by atoms with Gasteiger partial charge < -0.3 is 5.32 Å². The summed E-state index contributed by atoms with van der Waals surface area (Å²) in [5, 5.41) is 18.0. The number of aromatic nitrogens is 4. The minimum atomic E-state index is -0.118. The lowest BCUT2D eigenvalue weighted by atomic mass is 9.75. The third-order valence-electron chi connectivity index (χ3n) is 7.06. The molecule has 0 saturated carbocycles. The van der Waals surface area contributed by atoms with E-state index in [0.29, 0.717) is 31.6 Å². The fraction of sp³-hybridized carbons (Fsp3) is 0.323. The van der Waals surface area contributed by atoms with Gasteiger partial charge >= 0.3 is 0 Å². The molecule has 3 aromatic heterocycles. The van der Waals surface area contributed by atoms with Crippen molar-refractivity contribution in [1.82, 2.24) is 24.6 Å². The maximum atomic E-state index is 12.9. The van der Waals surface area contributed by atoms with E-state index in [1.807, 2.05) is 78.6 Å². The van der Waals surface area contributed by atoms with Gasteiger partial charge in [-0.15, -0.1) is 0 Å². The van der Waals surface area contributed by atoms with Gasteiger partial charge in [-0.2, -0.15) is 10.4 Å². The SMILES string of the molecule is Cc1nn(-c2ccc(C#N)c(NCCN(Cc3ccccn3)Cc3ccccn3)c2)c2c1C(=O)CC(C)(C)C2. The van der Waals surface area contributed by atoms with Gasteiger partial charge in [0.1, 0.15) is 6.07 Å². The highest BCUT2D eigenvalue weighted by atomic mass is 16.1. The first-order chi connectivity index (χ1) is 18.8. The van der Waals surface area contributed by atoms with Gasteiger partial charge in [-0.05, 0) is 61.2 Å². The van der Waals surface area contributed by atoms with Crippen LogP contribution in [0.4, 0.5) is 5.69 Å². The molecule has 1 N–H and O–H groups in total. The van der Waals surface area contributed by atoms with Crippen molar-refractivity contribution in [3.63, 3.8) is 0 Å². The molecule has 39 heavy (non-hydrogen) atoms. The molecule has 5 rings (SSSR count). The summed E-state index contributed by atoms with van der Waals surface area (Å²) in [6, 6.07) is 19.8. The van der Waals surface area contributed by atoms with Gasteiger partial charge in [0, 0.05) is 45.0 Å². The lowest BCUT2D eigenvalue weighted by molar-refractivity contribution is 0.0910. The number of hydrogen-bond donors (Lipinski definition) is 1. The molecule has 0 amide bonds. The highest BCUT2D eigenvalue weighted by molar-refractivity contribution is 5.99. The van der Waals surface area contributed by atoms with Crippen molar-refractivity contribution in [2.24, 2.45) is 5.41 Å². The zero-order chi connectivity index (χ0) is 27.4. The van der Waals surface area contributed by atoms with Crippen LogP contribution < -0.4 is 5.32 Å². The summed E-state index contributed by atoms with van der Waals surface area (Å²) < 4.78 is 1.88. The van der Waals surface area contributed by atoms with Crippen molar-refractivity contribution < 1.29 is 4.79 Å². The number of Topliss-reactive ketones (excluding diaryl/α,β-unsaturated/α-hetero) is 1. The molecular weight excluding hydrogens is 486 g/mol. The smallest absolute Gasteiger partial charge is 0.167 e. The van der Waals surface area contributed by atoms with E-state index in [1.54, 1.807) is 0 Å². The molecular formula is C31H33N7O. The molecule has 0 unspecified atom stereocenters. The largest absolute Gasteiger partial charge is 0.383 e. The second-order valence-electron chi connectivity index (χ2n) is 10.9. The van der Waals surface area contributed by atoms with Gasteiger partial charge in [0.15, 0.2) is 5.78 Å². The van der Waals surface area contributed by atoms with E-state index in [1.165, 1.54) is 0 Å². The quantitative estimate of drug-likeness (QED) is 0.328. The minimum absolute atomic E-state index is 0.118. The van der Waals surface area contributed by atoms with Crippen LogP contribution >= 0.6 is 0 Å². The van der Waals surface area contributed by atoms with Gasteiger partial charge in [0.2, 0.25) is 0 Å². The number of hydrogen-bond acceptors (Lipinski definition) is 7. The molecule has 0 fully saturated rings. The highest BCUT2D eigenvalue weighted by Gasteiger charge is 2.35. The van der Waals surface area contributed by atoms with Crippen LogP contribution in [0, 0.1) is 23.7 Å². The van der Waals surface area contributed by atoms with Crippen LogP contribution in [0.3, 0.4) is 0 Å². The summed E-state index contributed by atoms with van der Waals surface area (Å²) in [6.07, 6.45) is 4.91. The summed E-state index contributed by atoms with van der Waals surface area (Å²) >= 11 is 0. The molecule has 3 heterocycles. The van der Waals surface area contributed by atoms with E-state index in [4.69, 9.17) is 5.10 Å². The Morgan fingerprint density at radius 2 is 1.72 bits per heavy atom. The number of fused-ring (bicyclic) bond motifs is 1. The third-order valence-corrected chi connectivity index (χ3v) is 7.06. The van der Waals surface area contributed by atoms with Crippen molar-refractivity contribution in [3.8, 4) is 11.8 Å². The van der Waals surface area contributed by atoms with Crippen LogP contribution in [0.5, 0.6) is 0 Å². The van der Waals surface area contributed by atoms with Crippen molar-refractivity contribution in [3.05, 3.63) is 101 Å². The molecule has 1 aromatic carbocycles. The first kappa shape index (κ1) is 26.3. The van der Waals surface area contributed by atoms with Gasteiger partial charge in [0.05, 0.1) is 45.3 Å². The van der Waals surface area contributed by atoms with Crippen molar-refractivity contribution >= 4 is 11.5 Å². The predicted octanol–water partition coefficient (Wildman–Crippen LogP) is 5.11. The molecule has 0 bridgehead atoms. The molecule has 1 aliphatic rings. The zero-order valence-electron chi connectivity index (χ0n) is 22.7. The van der Waals surface area contributed by atoms with Gasteiger partial charge in [-0.25, -0.2) is 4.68 Å². The third kappa shape index (κ3) is 6.05. The van der Waals surface area contributed by atoms with Crippen LogP contribution in [0.15, 0.2) is 67.0 Å². The number of rotatable bonds is 9. The van der Waals surface area contributed by atoms with E-state index in [9.17, 15) is 10.1 Å². The summed E-state index contributed by atoms with van der Waals surface area (Å²) in [6.45, 7) is 8.86. The number of nitriles is 1. The van der Waals surface area contributed by atoms with Crippen LogP contribution in [-0.4, -0.2) is 43.5 Å². The van der Waals surface area contributed by atoms with E-state index >= 15 is 0 Å². The topological polar surface area (TPSA) is 99.7 Å². The standard InChI is InChI=1S/C31H33N7O/c1-22-30-28(17-31(2,3)18-29(30)39)38(36-22)26-11-10-23(19-32)27(16-26)35-14-15-37(20-24-8-4-6-12-33-24)21-25-9-5-7-13-34-25/h4-13,16,35H,14-15,17-18,20-21H2,1-3H3. The molecule has 8 nitrogen and oxygen atoms in total. The van der Waals surface area contributed by atoms with Crippen molar-refractivity contribution in [2.75, 3.05) is 18.4 Å². The molecule has 4 aromatic rings. The van der Waals surface area contributed by atoms with E-state index in [0.717, 1.165) is 52.7 Å². The number of carbonyl (C=O) groups excluding carboxylic acids is 1. The fourth-order valence-electron chi connectivity index (χ4n) is 5.27. The van der Waals surface area contributed by atoms with Gasteiger partial charge in [-0.3, -0.25) is 19.7 Å². The first-order valence-electron chi connectivity index (χ1n) is 13.3. The van der Waals surface area contributed by atoms with Crippen LogP contribution in [0.1, 0.15) is 59.0 Å². The van der Waals surface area contributed by atoms with E-state index < -0.39 is 0 Å². The monoisotopic (exact) mass is 519 g/mol. The van der Waals surface area contributed by atoms with Crippen LogP contribution in [-0.2, 0) is 19.5 Å². The summed E-state index contributed by atoms with van der Waals surface area (Å²) in [7, 11) is 0. The lowest BCUT2D eigenvalue weighted by Crippen LogP contribution is -2.29. The Hall–Kier alpha value is -4.35. The highest BCUT2D eigenvalue weighted by Crippen LogP contribution is 2.37. The maximum absolute atomic E-state index is 12.9. The predicted molar refractivity (Wildman–Crippen MR) is 151 cm³/mol. The molecule has 0 atom stereocenters. The Morgan fingerprint density at radius 1 is 1.03 bits per heavy atom. The molecule has 198 valence electrons. The minimum Gasteiger partial charge on any atom is -0.383 e. The summed E-state index contributed by atoms with van der Waals surface area (Å²) in [4.78, 5) is 24.1. The Bertz CT molecular complexity index is 1460. The van der Waals surface area contributed by atoms with Crippen molar-refractivity contribution in [1.29, 1.82) is 5.26 Å². The van der Waals surface area contributed by atoms with E-state index in [-0.39, 0.29) is 11.2 Å². The molecule has 1 aliphatic carbocycles. The number of benzene rings is 1. The molecule has 0 saturated heterocycles. The zero-order valence-corrected chi connectivity index (χ0v) is 22.7. The summed E-state index contributed by atoms with van der Waals surface area (Å²) in [5.74, 6) is 0.151. The summed E-state index contributed by atoms with van der Waals surface area (Å²) in [5.41, 5.74) is 6.45. The number of ketones is 1. The Balaban J connectivity index is 1.36. The molecule has 8 heteroatoms. The number of anilines is 1. The molecule has 0 aliphatic heterocycles. The second-order valence-corrected chi connectivity index (χ2v) is 10.9.